The second kappa shape index (κ2) is 10.3. The molecule has 0 atom stereocenters. The Morgan fingerprint density at radius 3 is 1.70 bits per heavy atom. The van der Waals surface area contributed by atoms with Crippen molar-refractivity contribution in [3.63, 3.8) is 0 Å². The molecular formula is C16H23Cl2SiZr-. The van der Waals surface area contributed by atoms with Crippen molar-refractivity contribution in [1.82, 2.24) is 0 Å². The molecule has 0 aliphatic heterocycles. The maximum absolute atomic E-state index is 2.31. The van der Waals surface area contributed by atoms with Gasteiger partial charge in [0.05, 0.1) is 0 Å². The van der Waals surface area contributed by atoms with Crippen LogP contribution >= 0.6 is 0 Å². The van der Waals surface area contributed by atoms with Crippen LogP contribution in [0.5, 0.6) is 0 Å². The minimum Gasteiger partial charge on any atom is -1.00 e. The van der Waals surface area contributed by atoms with Crippen molar-refractivity contribution in [2.45, 2.75) is 46.7 Å². The van der Waals surface area contributed by atoms with E-state index >= 15 is 0 Å². The molecule has 0 saturated heterocycles. The molecule has 1 aromatic rings. The van der Waals surface area contributed by atoms with Crippen LogP contribution in [0, 0.1) is 27.7 Å². The average molecular weight is 406 g/mol. The van der Waals surface area contributed by atoms with Crippen molar-refractivity contribution in [3.05, 3.63) is 52.1 Å². The number of allylic oxidation sites excluding steroid dienone is 4. The van der Waals surface area contributed by atoms with E-state index in [-0.39, 0.29) is 30.2 Å². The maximum Gasteiger partial charge on any atom is -0.00218 e. The number of hydrogen-bond donors (Lipinski definition) is 0. The minimum atomic E-state index is 0. The quantitative estimate of drug-likeness (QED) is 0.400. The zero-order valence-corrected chi connectivity index (χ0v) is 18.1. The Kier molecular flexibility index (Phi) is 11.7. The summed E-state index contributed by atoms with van der Waals surface area (Å²) in [6, 6.07) is 0. The van der Waals surface area contributed by atoms with E-state index in [0.29, 0.717) is 5.92 Å². The minimum absolute atomic E-state index is 0. The zero-order chi connectivity index (χ0) is 13.9. The second-order valence-electron chi connectivity index (χ2n) is 5.21. The van der Waals surface area contributed by atoms with Crippen LogP contribution in [0.25, 0.3) is 0 Å². The molecule has 20 heavy (non-hydrogen) atoms. The molecule has 0 saturated carbocycles. The van der Waals surface area contributed by atoms with Crippen molar-refractivity contribution in [1.29, 1.82) is 0 Å². The summed E-state index contributed by atoms with van der Waals surface area (Å²) in [5.74, 6) is 0.516. The fourth-order valence-corrected chi connectivity index (χ4v) is 2.37. The fraction of sp³-hybridized carbons (Fsp3) is 0.438. The molecule has 4 heteroatoms. The van der Waals surface area contributed by atoms with Crippen LogP contribution in [0.1, 0.15) is 33.7 Å². The average Bonchev–Trinajstić information content (AvgIpc) is 2.84. The molecule has 0 spiro atoms. The summed E-state index contributed by atoms with van der Waals surface area (Å²) in [5.41, 5.74) is 7.60. The van der Waals surface area contributed by atoms with Gasteiger partial charge in [0.1, 0.15) is 0 Å². The monoisotopic (exact) mass is 403 g/mol. The molecule has 2 rings (SSSR count). The molecule has 1 aromatic carbocycles. The largest absolute Gasteiger partial charge is 1.00 e. The third kappa shape index (κ3) is 5.72. The Hall–Kier alpha value is 0.510. The first-order chi connectivity index (χ1) is 8.36. The van der Waals surface area contributed by atoms with E-state index in [9.17, 15) is 0 Å². The molecular weight excluding hydrogens is 382 g/mol. The van der Waals surface area contributed by atoms with Gasteiger partial charge in [-0.1, -0.05) is 52.0 Å². The summed E-state index contributed by atoms with van der Waals surface area (Å²) in [4.78, 5) is 0. The predicted molar refractivity (Wildman–Crippen MR) is 79.5 cm³/mol. The van der Waals surface area contributed by atoms with Crippen LogP contribution in [-0.2, 0) is 23.3 Å². The van der Waals surface area contributed by atoms with E-state index in [1.54, 1.807) is 23.3 Å². The number of hydrogen-bond acceptors (Lipinski definition) is 0. The molecule has 0 amide bonds. The van der Waals surface area contributed by atoms with Gasteiger partial charge in [-0.05, 0) is 5.92 Å². The van der Waals surface area contributed by atoms with Crippen molar-refractivity contribution in [3.8, 4) is 0 Å². The molecule has 110 valence electrons. The first-order valence-corrected chi connectivity index (χ1v) is 12.6. The third-order valence-corrected chi connectivity index (χ3v) is 3.58. The van der Waals surface area contributed by atoms with Crippen LogP contribution in [-0.4, -0.2) is 5.43 Å². The van der Waals surface area contributed by atoms with Crippen LogP contribution in [0.3, 0.4) is 0 Å². The molecule has 0 N–H and O–H groups in total. The van der Waals surface area contributed by atoms with Gasteiger partial charge in [-0.3, -0.25) is 0 Å². The van der Waals surface area contributed by atoms with Gasteiger partial charge in [0.25, 0.3) is 0 Å². The van der Waals surface area contributed by atoms with E-state index in [1.807, 2.05) is 0 Å². The van der Waals surface area contributed by atoms with Gasteiger partial charge in [0.15, 0.2) is 0 Å². The molecule has 0 aromatic heterocycles. The first-order valence-electron chi connectivity index (χ1n) is 6.46. The fourth-order valence-electron chi connectivity index (χ4n) is 2.37. The van der Waals surface area contributed by atoms with Crippen molar-refractivity contribution < 1.29 is 48.1 Å². The van der Waals surface area contributed by atoms with E-state index in [4.69, 9.17) is 0 Å². The Balaban J connectivity index is 0. The zero-order valence-electron chi connectivity index (χ0n) is 13.1. The number of halogens is 2. The van der Waals surface area contributed by atoms with Crippen LogP contribution in [0.4, 0.5) is 0 Å². The molecule has 0 heterocycles. The summed E-state index contributed by atoms with van der Waals surface area (Å²) >= 11 is 1.74. The Labute approximate surface area is 151 Å². The third-order valence-electron chi connectivity index (χ3n) is 3.58. The van der Waals surface area contributed by atoms with Crippen molar-refractivity contribution >= 4 is 5.43 Å². The molecule has 0 unspecified atom stereocenters. The normalized spacial score (nSPS) is 12.4. The molecule has 1 aliphatic rings. The summed E-state index contributed by atoms with van der Waals surface area (Å²) in [5, 5.41) is 0. The molecule has 1 aliphatic carbocycles. The predicted octanol–water partition coefficient (Wildman–Crippen LogP) is -1.36. The topological polar surface area (TPSA) is 0 Å². The van der Waals surface area contributed by atoms with E-state index in [0.717, 1.165) is 0 Å². The van der Waals surface area contributed by atoms with E-state index < -0.39 is 0 Å². The first kappa shape index (κ1) is 22.8. The Bertz CT molecular complexity index is 472. The summed E-state index contributed by atoms with van der Waals surface area (Å²) in [6.07, 6.45) is 8.82. The Morgan fingerprint density at radius 1 is 1.00 bits per heavy atom. The van der Waals surface area contributed by atoms with Gasteiger partial charge in [-0.25, -0.2) is 0 Å². The van der Waals surface area contributed by atoms with Gasteiger partial charge in [0.2, 0.25) is 0 Å². The summed E-state index contributed by atoms with van der Waals surface area (Å²) in [6.45, 7) is 13.6. The van der Waals surface area contributed by atoms with E-state index in [2.05, 4.69) is 65.1 Å². The second-order valence-corrected chi connectivity index (χ2v) is 14.6. The summed E-state index contributed by atoms with van der Waals surface area (Å²) < 4.78 is 0. The maximum atomic E-state index is 2.31. The SMILES string of the molecule is C[Si](C)=[Zr+2].Cc1c(C)c(C2C=CC=C2)[c-](C)c1C.[Cl-].[Cl-]. The molecule has 0 fully saturated rings. The standard InChI is InChI=1S/C14H17.C2H6Si.2ClH.Zr/c1-9-10(2)12(4)14(11(9)3)13-7-5-6-8-13;1-3-2;;;/h5-8,13H,1-4H3;1-2H3;2*1H;/q-1;;;;+2/p-2. The molecule has 0 radical (unpaired) electrons. The van der Waals surface area contributed by atoms with E-state index in [1.165, 1.54) is 27.8 Å². The molecule has 0 nitrogen and oxygen atoms in total. The Morgan fingerprint density at radius 2 is 1.40 bits per heavy atom. The number of rotatable bonds is 1. The smallest absolute Gasteiger partial charge is 0.00218 e. The van der Waals surface area contributed by atoms with Gasteiger partial charge in [-0.2, -0.15) is 27.8 Å². The van der Waals surface area contributed by atoms with Crippen LogP contribution in [0.2, 0.25) is 13.1 Å². The van der Waals surface area contributed by atoms with Crippen molar-refractivity contribution in [2.75, 3.05) is 0 Å². The van der Waals surface area contributed by atoms with Crippen molar-refractivity contribution in [2.24, 2.45) is 0 Å². The van der Waals surface area contributed by atoms with Gasteiger partial charge < -0.3 is 24.8 Å². The van der Waals surface area contributed by atoms with Crippen LogP contribution < -0.4 is 24.8 Å². The summed E-state index contributed by atoms with van der Waals surface area (Å²) in [7, 11) is 0. The van der Waals surface area contributed by atoms with Gasteiger partial charge in [0, 0.05) is 0 Å². The van der Waals surface area contributed by atoms with Gasteiger partial charge >= 0.3 is 41.9 Å². The molecule has 0 bridgehead atoms. The van der Waals surface area contributed by atoms with Crippen LogP contribution in [0.15, 0.2) is 24.3 Å². The van der Waals surface area contributed by atoms with Gasteiger partial charge in [-0.15, -0.1) is 0 Å².